The van der Waals surface area contributed by atoms with Gasteiger partial charge in [-0.15, -0.1) is 25.5 Å². The van der Waals surface area contributed by atoms with Crippen LogP contribution in [0.4, 0.5) is 0 Å². The summed E-state index contributed by atoms with van der Waals surface area (Å²) >= 11 is 0. The Balaban J connectivity index is -0.000000235. The van der Waals surface area contributed by atoms with E-state index in [-0.39, 0.29) is 69.7 Å². The lowest BCUT2D eigenvalue weighted by Crippen LogP contribution is -2.19. The molecule has 0 atom stereocenters. The van der Waals surface area contributed by atoms with Crippen molar-refractivity contribution in [3.8, 4) is 0 Å². The predicted octanol–water partition coefficient (Wildman–Crippen LogP) is 5.87. The highest BCUT2D eigenvalue weighted by Gasteiger charge is 2.23. The third-order valence-corrected chi connectivity index (χ3v) is 8.98. The minimum absolute atomic E-state index is 0.0220. The molecule has 3 aromatic heterocycles. The molecule has 0 aliphatic heterocycles. The molecule has 8 N–H and O–H groups in total. The van der Waals surface area contributed by atoms with E-state index in [0.29, 0.717) is 18.0 Å². The number of carbonyl (C=O) groups excluding carboxylic acids is 1. The van der Waals surface area contributed by atoms with Gasteiger partial charge in [0, 0.05) is 12.8 Å². The summed E-state index contributed by atoms with van der Waals surface area (Å²) in [7, 11) is -8.73. The van der Waals surface area contributed by atoms with E-state index in [9.17, 15) is 27.4 Å². The van der Waals surface area contributed by atoms with Crippen LogP contribution in [0.5, 0.6) is 0 Å². The summed E-state index contributed by atoms with van der Waals surface area (Å²) in [4.78, 5) is 49.2. The molecule has 0 unspecified atom stereocenters. The number of nitrogens with one attached hydrogen (secondary N) is 1. The first kappa shape index (κ1) is 74.8. The highest BCUT2D eigenvalue weighted by molar-refractivity contribution is 7.85. The van der Waals surface area contributed by atoms with Crippen molar-refractivity contribution in [2.75, 3.05) is 11.9 Å². The maximum Gasteiger partial charge on any atom is 0.451 e. The van der Waals surface area contributed by atoms with Crippen LogP contribution in [0.15, 0.2) is 0 Å². The van der Waals surface area contributed by atoms with Crippen molar-refractivity contribution in [3.05, 3.63) is 17.5 Å². The fourth-order valence-corrected chi connectivity index (χ4v) is 6.84. The average molecular weight is 1050 g/mol. The number of nitrogens with zero attached hydrogens (tertiary/aromatic N) is 11. The zero-order chi connectivity index (χ0) is 56.9. The van der Waals surface area contributed by atoms with E-state index < -0.39 is 36.8 Å². The van der Waals surface area contributed by atoms with Gasteiger partial charge < -0.3 is 30.0 Å². The van der Waals surface area contributed by atoms with Gasteiger partial charge in [-0.2, -0.15) is 18.4 Å². The van der Waals surface area contributed by atoms with E-state index >= 15 is 0 Å². The molecular formula is C42H90BN12O13PS. The summed E-state index contributed by atoms with van der Waals surface area (Å²) in [6.07, 6.45) is 2.27. The van der Waals surface area contributed by atoms with Gasteiger partial charge in [0.25, 0.3) is 10.1 Å². The Bertz CT molecular complexity index is 2020. The Hall–Kier alpha value is -4.14. The van der Waals surface area contributed by atoms with Crippen LogP contribution in [0.2, 0.25) is 6.32 Å². The first-order chi connectivity index (χ1) is 30.9. The molecule has 0 aliphatic rings. The van der Waals surface area contributed by atoms with Crippen LogP contribution in [-0.4, -0.2) is 141 Å². The van der Waals surface area contributed by atoms with Gasteiger partial charge in [-0.25, -0.2) is 4.68 Å². The Morgan fingerprint density at radius 2 is 1.14 bits per heavy atom. The number of ketones is 1. The molecule has 70 heavy (non-hydrogen) atoms. The van der Waals surface area contributed by atoms with E-state index in [1.54, 1.807) is 48.5 Å². The number of rotatable bonds is 10. The van der Waals surface area contributed by atoms with Crippen molar-refractivity contribution in [3.63, 3.8) is 0 Å². The lowest BCUT2D eigenvalue weighted by atomic mass is 9.72. The molecule has 25 nitrogen and oxygen atoms in total. The topological polar surface area (TPSA) is 386 Å². The highest BCUT2D eigenvalue weighted by Crippen LogP contribution is 2.41. The molecule has 0 amide bonds. The second-order valence-corrected chi connectivity index (χ2v) is 26.2. The molecule has 28 heteroatoms. The van der Waals surface area contributed by atoms with Crippen molar-refractivity contribution in [1.29, 1.82) is 0 Å². The van der Waals surface area contributed by atoms with Crippen LogP contribution in [-0.2, 0) is 55.0 Å². The largest absolute Gasteiger partial charge is 0.481 e. The zero-order valence-electron chi connectivity index (χ0n) is 46.1. The summed E-state index contributed by atoms with van der Waals surface area (Å²) in [5.74, 6) is 0.159. The number of carboxylic acids is 2. The SMILES string of the molecule is CC.CC(=O)Cn1nnc(CC(C)(C)C)n1.CC(C)(C)CB(O)O.CC(C)(C)CC(=O)O.CC(C)(C)CP(=O)(O)O.CC(C)(C)CS(=O)(=O)O.CC(C)(C)Cc1nn[nH]n1.Cc1nnnn1CC(=O)O. The van der Waals surface area contributed by atoms with E-state index in [2.05, 4.69) is 93.1 Å². The maximum atomic E-state index is 10.8. The van der Waals surface area contributed by atoms with Crippen molar-refractivity contribution in [2.45, 2.75) is 191 Å². The number of carboxylic acid groups (broad SMARTS) is 2. The number of carbonyl (C=O) groups is 3. The Kier molecular flexibility index (Phi) is 35.8. The smallest absolute Gasteiger partial charge is 0.451 e. The molecule has 0 aliphatic carbocycles. The van der Waals surface area contributed by atoms with Crippen LogP contribution in [0.1, 0.15) is 169 Å². The van der Waals surface area contributed by atoms with Crippen LogP contribution in [0.3, 0.4) is 0 Å². The number of aliphatic carboxylic acids is 2. The lowest BCUT2D eigenvalue weighted by molar-refractivity contribution is -0.139. The second-order valence-electron chi connectivity index (χ2n) is 23.1. The molecule has 410 valence electrons. The fraction of sp³-hybridized carbons (Fsp3) is 0.857. The number of aromatic nitrogens is 12. The molecule has 0 bridgehead atoms. The van der Waals surface area contributed by atoms with Gasteiger partial charge in [0.1, 0.15) is 18.9 Å². The first-order valence-corrected chi connectivity index (χ1v) is 25.8. The van der Waals surface area contributed by atoms with Crippen molar-refractivity contribution in [1.82, 2.24) is 61.0 Å². The van der Waals surface area contributed by atoms with Crippen molar-refractivity contribution >= 4 is 42.6 Å². The summed E-state index contributed by atoms with van der Waals surface area (Å²) in [5, 5.41) is 69.0. The Labute approximate surface area is 417 Å². The normalized spacial score (nSPS) is 11.7. The quantitative estimate of drug-likeness (QED) is 0.0668. The number of H-pyrrole nitrogens is 1. The van der Waals surface area contributed by atoms with E-state index in [1.807, 2.05) is 55.4 Å². The second kappa shape index (κ2) is 33.5. The third-order valence-electron chi connectivity index (χ3n) is 6.39. The Morgan fingerprint density at radius 3 is 1.36 bits per heavy atom. The molecule has 3 rings (SSSR count). The molecule has 0 saturated carbocycles. The fourth-order valence-electron chi connectivity index (χ4n) is 4.51. The standard InChI is InChI=1S/C9H16N4O.C6H12N4.C6H12O2.C5H13BO2.C5H13O3P.C5H12O3S.C4H6N4O2.C2H6/c1-7(14)6-13-11-8(10-12-13)5-9(2,3)4;1-6(2,3)4-5-7-9-10-8-5;1-6(2,3)4-5(7)8;1-5(2,3)4-6(7)8;2*1-5(2,3)4-9(6,7)8;1-3-5-6-7-8(3)2-4(9)10;1-2/h5-6H2,1-4H3;4H2,1-3H3,(H,7,8,9,10);4H2,1-3H3,(H,7,8);7-8H,4H2,1-3H3;4H2,1-3H3,(H2,6,7,8);4H2,1-3H3,(H,6,7,8);2H2,1H3,(H,9,10);1-2H3. The summed E-state index contributed by atoms with van der Waals surface area (Å²) in [6, 6.07) is 0. The average Bonchev–Trinajstić information content (AvgIpc) is 3.80. The molecular weight excluding hydrogens is 954 g/mol. The van der Waals surface area contributed by atoms with E-state index in [4.69, 9.17) is 34.6 Å². The zero-order valence-corrected chi connectivity index (χ0v) is 47.8. The minimum Gasteiger partial charge on any atom is -0.481 e. The van der Waals surface area contributed by atoms with Gasteiger partial charge in [0.05, 0.1) is 18.3 Å². The minimum atomic E-state index is -3.79. The maximum absolute atomic E-state index is 10.8. The lowest BCUT2D eigenvalue weighted by Gasteiger charge is -2.17. The van der Waals surface area contributed by atoms with Crippen LogP contribution in [0, 0.1) is 39.4 Å². The van der Waals surface area contributed by atoms with Crippen molar-refractivity contribution in [2.24, 2.45) is 32.5 Å². The van der Waals surface area contributed by atoms with Crippen molar-refractivity contribution < 1.29 is 62.0 Å². The number of tetrazole rings is 3. The molecule has 3 heterocycles. The molecule has 0 fully saturated rings. The highest BCUT2D eigenvalue weighted by atomic mass is 32.2. The predicted molar refractivity (Wildman–Crippen MR) is 269 cm³/mol. The van der Waals surface area contributed by atoms with Gasteiger partial charge in [0.2, 0.25) is 0 Å². The van der Waals surface area contributed by atoms with Gasteiger partial charge in [-0.1, -0.05) is 144 Å². The Morgan fingerprint density at radius 1 is 0.671 bits per heavy atom. The van der Waals surface area contributed by atoms with E-state index in [0.717, 1.165) is 18.7 Å². The number of aryl methyl sites for hydroxylation is 1. The molecule has 3 aromatic rings. The van der Waals surface area contributed by atoms with Gasteiger partial charge in [0.15, 0.2) is 17.4 Å². The van der Waals surface area contributed by atoms with Crippen LogP contribution in [0.25, 0.3) is 0 Å². The number of hydrogen-bond acceptors (Lipinski definition) is 17. The van der Waals surface area contributed by atoms with Gasteiger partial charge in [-0.3, -0.25) is 23.5 Å². The molecule has 0 radical (unpaired) electrons. The number of Topliss-reactive ketones (excluding diaryl/α,β-unsaturated/α-hetero) is 1. The summed E-state index contributed by atoms with van der Waals surface area (Å²) < 4.78 is 40.3. The van der Waals surface area contributed by atoms with Gasteiger partial charge in [-0.05, 0) is 68.3 Å². The molecule has 0 saturated heterocycles. The van der Waals surface area contributed by atoms with Crippen LogP contribution < -0.4 is 0 Å². The molecule has 0 spiro atoms. The van der Waals surface area contributed by atoms with Crippen LogP contribution >= 0.6 is 7.60 Å². The molecule has 0 aromatic carbocycles. The number of aromatic amines is 1. The monoisotopic (exact) mass is 1040 g/mol. The summed E-state index contributed by atoms with van der Waals surface area (Å²) in [6.45, 7) is 42.2. The first-order valence-electron chi connectivity index (χ1n) is 22.4. The number of hydrogen-bond donors (Lipinski definition) is 8. The third kappa shape index (κ3) is 65.9. The van der Waals surface area contributed by atoms with Gasteiger partial charge >= 0.3 is 26.7 Å². The summed E-state index contributed by atoms with van der Waals surface area (Å²) in [5.41, 5.74) is -0.305. The van der Waals surface area contributed by atoms with E-state index in [1.165, 1.54) is 16.4 Å².